The Morgan fingerprint density at radius 3 is 2.68 bits per heavy atom. The van der Waals surface area contributed by atoms with Gasteiger partial charge in [-0.3, -0.25) is 4.79 Å². The normalized spacial score (nSPS) is 11.5. The molecule has 1 amide bonds. The quantitative estimate of drug-likeness (QED) is 0.857. The third-order valence-electron chi connectivity index (χ3n) is 3.12. The molecule has 0 saturated heterocycles. The van der Waals surface area contributed by atoms with E-state index in [9.17, 15) is 4.79 Å². The van der Waals surface area contributed by atoms with Crippen LogP contribution in [0.3, 0.4) is 0 Å². The van der Waals surface area contributed by atoms with E-state index in [0.717, 1.165) is 5.56 Å². The number of rotatable bonds is 6. The fourth-order valence-electron chi connectivity index (χ4n) is 1.87. The van der Waals surface area contributed by atoms with Crippen LogP contribution in [0.2, 0.25) is 5.02 Å². The maximum atomic E-state index is 11.8. The second-order valence-corrected chi connectivity index (χ2v) is 6.15. The van der Waals surface area contributed by atoms with Gasteiger partial charge in [0.2, 0.25) is 5.91 Å². The molecule has 0 aliphatic rings. The highest BCUT2D eigenvalue weighted by atomic mass is 35.5. The highest BCUT2D eigenvalue weighted by molar-refractivity contribution is 6.30. The van der Waals surface area contributed by atoms with Crippen molar-refractivity contribution in [1.82, 2.24) is 10.3 Å². The van der Waals surface area contributed by atoms with Gasteiger partial charge in [0.1, 0.15) is 0 Å². The maximum absolute atomic E-state index is 11.8. The van der Waals surface area contributed by atoms with Crippen molar-refractivity contribution in [3.63, 3.8) is 0 Å². The Labute approximate surface area is 134 Å². The van der Waals surface area contributed by atoms with E-state index in [1.165, 1.54) is 0 Å². The van der Waals surface area contributed by atoms with Crippen LogP contribution in [0.5, 0.6) is 0 Å². The van der Waals surface area contributed by atoms with Crippen LogP contribution < -0.4 is 5.32 Å². The fraction of sp³-hybridized carbons (Fsp3) is 0.375. The smallest absolute Gasteiger partial charge is 0.221 e. The Bertz CT molecular complexity index is 635. The molecule has 1 aromatic carbocycles. The lowest BCUT2D eigenvalue weighted by atomic mass is 10.1. The molecule has 0 bridgehead atoms. The molecule has 2 aromatic rings. The number of hydrogen-bond donors (Lipinski definition) is 2. The van der Waals surface area contributed by atoms with Gasteiger partial charge in [0, 0.05) is 23.4 Å². The van der Waals surface area contributed by atoms with E-state index < -0.39 is 5.54 Å². The number of hydrogen-bond acceptors (Lipinski definition) is 4. The molecule has 1 aromatic heterocycles. The average Bonchev–Trinajstić information content (AvgIpc) is 2.94. The SMILES string of the molecule is CC(C)(CO)NC(=O)CCc1ncc(-c2ccc(Cl)cc2)o1. The van der Waals surface area contributed by atoms with Gasteiger partial charge in [0.05, 0.1) is 18.3 Å². The lowest BCUT2D eigenvalue weighted by Crippen LogP contribution is -2.46. The minimum Gasteiger partial charge on any atom is -0.441 e. The lowest BCUT2D eigenvalue weighted by molar-refractivity contribution is -0.123. The molecule has 0 atom stereocenters. The van der Waals surface area contributed by atoms with Gasteiger partial charge in [-0.1, -0.05) is 11.6 Å². The van der Waals surface area contributed by atoms with E-state index in [1.807, 2.05) is 12.1 Å². The minimum atomic E-state index is -0.623. The van der Waals surface area contributed by atoms with Crippen LogP contribution in [-0.4, -0.2) is 28.1 Å². The Morgan fingerprint density at radius 2 is 2.05 bits per heavy atom. The third-order valence-corrected chi connectivity index (χ3v) is 3.37. The number of amides is 1. The predicted octanol–water partition coefficient (Wildman–Crippen LogP) is 2.81. The zero-order valence-corrected chi connectivity index (χ0v) is 13.4. The van der Waals surface area contributed by atoms with Gasteiger partial charge in [-0.05, 0) is 38.1 Å². The lowest BCUT2D eigenvalue weighted by Gasteiger charge is -2.23. The van der Waals surface area contributed by atoms with Crippen molar-refractivity contribution in [1.29, 1.82) is 0 Å². The summed E-state index contributed by atoms with van der Waals surface area (Å²) >= 11 is 5.85. The topological polar surface area (TPSA) is 75.4 Å². The summed E-state index contributed by atoms with van der Waals surface area (Å²) in [5.41, 5.74) is 0.260. The molecule has 0 fully saturated rings. The van der Waals surface area contributed by atoms with Gasteiger partial charge in [-0.15, -0.1) is 0 Å². The van der Waals surface area contributed by atoms with E-state index in [0.29, 0.717) is 23.1 Å². The zero-order valence-electron chi connectivity index (χ0n) is 12.6. The summed E-state index contributed by atoms with van der Waals surface area (Å²) in [5.74, 6) is 0.995. The molecule has 0 spiro atoms. The Morgan fingerprint density at radius 1 is 1.36 bits per heavy atom. The first kappa shape index (κ1) is 16.5. The van der Waals surface area contributed by atoms with E-state index in [2.05, 4.69) is 10.3 Å². The number of aryl methyl sites for hydroxylation is 1. The van der Waals surface area contributed by atoms with Crippen LogP contribution in [0.1, 0.15) is 26.2 Å². The summed E-state index contributed by atoms with van der Waals surface area (Å²) in [6.45, 7) is 3.40. The molecular weight excluding hydrogens is 304 g/mol. The van der Waals surface area contributed by atoms with Crippen LogP contribution in [0.15, 0.2) is 34.9 Å². The number of benzene rings is 1. The summed E-state index contributed by atoms with van der Waals surface area (Å²) in [7, 11) is 0. The summed E-state index contributed by atoms with van der Waals surface area (Å²) in [6, 6.07) is 7.26. The number of oxazole rings is 1. The van der Waals surface area contributed by atoms with Crippen molar-refractivity contribution in [3.05, 3.63) is 41.4 Å². The van der Waals surface area contributed by atoms with Crippen molar-refractivity contribution in [2.24, 2.45) is 0 Å². The molecule has 0 radical (unpaired) electrons. The third kappa shape index (κ3) is 4.58. The van der Waals surface area contributed by atoms with E-state index in [4.69, 9.17) is 21.1 Å². The van der Waals surface area contributed by atoms with E-state index in [1.54, 1.807) is 32.2 Å². The van der Waals surface area contributed by atoms with Gasteiger partial charge in [-0.2, -0.15) is 0 Å². The summed E-state index contributed by atoms with van der Waals surface area (Å²) in [4.78, 5) is 16.0. The number of aliphatic hydroxyl groups is 1. The first-order valence-corrected chi connectivity index (χ1v) is 7.40. The Hall–Kier alpha value is -1.85. The first-order valence-electron chi connectivity index (χ1n) is 7.02. The molecule has 1 heterocycles. The van der Waals surface area contributed by atoms with Crippen molar-refractivity contribution < 1.29 is 14.3 Å². The van der Waals surface area contributed by atoms with E-state index >= 15 is 0 Å². The number of carbonyl (C=O) groups excluding carboxylic acids is 1. The van der Waals surface area contributed by atoms with Crippen LogP contribution in [0, 0.1) is 0 Å². The van der Waals surface area contributed by atoms with Crippen molar-refractivity contribution in [2.75, 3.05) is 6.61 Å². The van der Waals surface area contributed by atoms with Crippen molar-refractivity contribution in [3.8, 4) is 11.3 Å². The highest BCUT2D eigenvalue weighted by Gasteiger charge is 2.19. The second kappa shape index (κ2) is 6.94. The molecule has 6 heteroatoms. The number of nitrogens with one attached hydrogen (secondary N) is 1. The molecule has 118 valence electrons. The monoisotopic (exact) mass is 322 g/mol. The summed E-state index contributed by atoms with van der Waals surface area (Å²) in [5, 5.41) is 12.5. The molecule has 2 rings (SSSR count). The van der Waals surface area contributed by atoms with Gasteiger partial charge in [0.25, 0.3) is 0 Å². The number of aromatic nitrogens is 1. The molecular formula is C16H19ClN2O3. The minimum absolute atomic E-state index is 0.113. The van der Waals surface area contributed by atoms with Crippen LogP contribution in [0.25, 0.3) is 11.3 Å². The number of halogens is 1. The van der Waals surface area contributed by atoms with E-state index in [-0.39, 0.29) is 18.9 Å². The fourth-order valence-corrected chi connectivity index (χ4v) is 2.00. The Kier molecular flexibility index (Phi) is 5.21. The van der Waals surface area contributed by atoms with Gasteiger partial charge < -0.3 is 14.8 Å². The number of aliphatic hydroxyl groups excluding tert-OH is 1. The molecule has 0 unspecified atom stereocenters. The largest absolute Gasteiger partial charge is 0.441 e. The van der Waals surface area contributed by atoms with Crippen molar-refractivity contribution >= 4 is 17.5 Å². The molecule has 5 nitrogen and oxygen atoms in total. The van der Waals surface area contributed by atoms with Crippen LogP contribution >= 0.6 is 11.6 Å². The molecule has 0 saturated carbocycles. The first-order chi connectivity index (χ1) is 10.4. The Balaban J connectivity index is 1.92. The molecule has 22 heavy (non-hydrogen) atoms. The molecule has 0 aliphatic carbocycles. The van der Waals surface area contributed by atoms with Gasteiger partial charge in [-0.25, -0.2) is 4.98 Å². The number of nitrogens with zero attached hydrogens (tertiary/aromatic N) is 1. The summed E-state index contributed by atoms with van der Waals surface area (Å²) < 4.78 is 5.63. The highest BCUT2D eigenvalue weighted by Crippen LogP contribution is 2.22. The standard InChI is InChI=1S/C16H19ClN2O3/c1-16(2,10-20)19-14(21)7-8-15-18-9-13(22-15)11-3-5-12(17)6-4-11/h3-6,9,20H,7-8,10H2,1-2H3,(H,19,21). The predicted molar refractivity (Wildman–Crippen MR) is 84.6 cm³/mol. The van der Waals surface area contributed by atoms with Gasteiger partial charge in [0.15, 0.2) is 11.7 Å². The average molecular weight is 323 g/mol. The maximum Gasteiger partial charge on any atom is 0.221 e. The summed E-state index contributed by atoms with van der Waals surface area (Å²) in [6.07, 6.45) is 2.29. The second-order valence-electron chi connectivity index (χ2n) is 5.72. The molecule has 0 aliphatic heterocycles. The van der Waals surface area contributed by atoms with Crippen LogP contribution in [-0.2, 0) is 11.2 Å². The van der Waals surface area contributed by atoms with Crippen LogP contribution in [0.4, 0.5) is 0 Å². The zero-order chi connectivity index (χ0) is 16.2. The van der Waals surface area contributed by atoms with Crippen molar-refractivity contribution in [2.45, 2.75) is 32.2 Å². The molecule has 2 N–H and O–H groups in total. The van der Waals surface area contributed by atoms with Gasteiger partial charge >= 0.3 is 0 Å². The number of carbonyl (C=O) groups is 1.